The highest BCUT2D eigenvalue weighted by Gasteiger charge is 2.18. The molecule has 0 N–H and O–H groups in total. The Morgan fingerprint density at radius 2 is 0.963 bits per heavy atom. The van der Waals surface area contributed by atoms with E-state index in [1.807, 2.05) is 0 Å². The molecular weight excluding hydrogens is 328 g/mol. The first-order valence-corrected chi connectivity index (χ1v) is 9.91. The Kier molecular flexibility index (Phi) is 5.22. The number of hydrogen-bond acceptors (Lipinski definition) is 1. The topological polar surface area (TPSA) is 9.23 Å². The summed E-state index contributed by atoms with van der Waals surface area (Å²) in [5, 5.41) is 5.10. The van der Waals surface area contributed by atoms with Gasteiger partial charge < -0.3 is 4.74 Å². The summed E-state index contributed by atoms with van der Waals surface area (Å²) in [5.41, 5.74) is 2.52. The summed E-state index contributed by atoms with van der Waals surface area (Å²) in [4.78, 5) is 0. The Morgan fingerprint density at radius 3 is 1.37 bits per heavy atom. The monoisotopic (exact) mass is 354 g/mol. The van der Waals surface area contributed by atoms with Crippen LogP contribution in [0.5, 0.6) is 0 Å². The molecule has 1 heteroatoms. The van der Waals surface area contributed by atoms with E-state index < -0.39 is 0 Å². The van der Waals surface area contributed by atoms with Crippen molar-refractivity contribution in [2.75, 3.05) is 0 Å². The van der Waals surface area contributed by atoms with Crippen molar-refractivity contribution < 1.29 is 4.74 Å². The Balaban J connectivity index is 1.62. The first-order chi connectivity index (χ1) is 13.3. The largest absolute Gasteiger partial charge is 0.366 e. The maximum absolute atomic E-state index is 6.62. The van der Waals surface area contributed by atoms with Crippen LogP contribution in [-0.2, 0) is 4.74 Å². The quantitative estimate of drug-likeness (QED) is 0.346. The fourth-order valence-electron chi connectivity index (χ4n) is 3.84. The molecule has 27 heavy (non-hydrogen) atoms. The van der Waals surface area contributed by atoms with Crippen LogP contribution in [0.25, 0.3) is 21.5 Å². The first kappa shape index (κ1) is 17.8. The lowest BCUT2D eigenvalue weighted by atomic mass is 9.99. The molecule has 0 aliphatic rings. The van der Waals surface area contributed by atoms with E-state index in [-0.39, 0.29) is 12.2 Å². The molecule has 0 amide bonds. The lowest BCUT2D eigenvalue weighted by molar-refractivity contribution is -0.0190. The maximum Gasteiger partial charge on any atom is 0.0830 e. The summed E-state index contributed by atoms with van der Waals surface area (Å²) in [6.45, 7) is 4.40. The summed E-state index contributed by atoms with van der Waals surface area (Å²) >= 11 is 0. The van der Waals surface area contributed by atoms with E-state index in [4.69, 9.17) is 4.74 Å². The zero-order chi connectivity index (χ0) is 18.6. The van der Waals surface area contributed by atoms with Gasteiger partial charge in [0.1, 0.15) is 0 Å². The van der Waals surface area contributed by atoms with Crippen LogP contribution < -0.4 is 0 Å². The molecule has 4 aromatic carbocycles. The number of ether oxygens (including phenoxy) is 1. The van der Waals surface area contributed by atoms with Gasteiger partial charge in [0.15, 0.2) is 0 Å². The van der Waals surface area contributed by atoms with Crippen LogP contribution >= 0.6 is 0 Å². The molecule has 4 rings (SSSR count). The molecule has 136 valence electrons. The molecule has 0 aromatic heterocycles. The van der Waals surface area contributed by atoms with Gasteiger partial charge in [-0.15, -0.1) is 0 Å². The van der Waals surface area contributed by atoms with Gasteiger partial charge in [0.2, 0.25) is 0 Å². The van der Waals surface area contributed by atoms with Crippen molar-refractivity contribution in [2.24, 2.45) is 0 Å². The van der Waals surface area contributed by atoms with Crippen molar-refractivity contribution in [2.45, 2.75) is 38.9 Å². The standard InChI is InChI=1S/C26H26O/c1-3-25(23-15-13-19-9-5-7-11-21(19)17-23)27-26(4-2)24-16-14-20-10-6-8-12-22(20)18-24/h5-18,25-26H,3-4H2,1-2H3. The van der Waals surface area contributed by atoms with E-state index in [9.17, 15) is 0 Å². The molecule has 0 aliphatic heterocycles. The minimum atomic E-state index is 0.103. The number of hydrogen-bond donors (Lipinski definition) is 0. The van der Waals surface area contributed by atoms with Gasteiger partial charge in [0, 0.05) is 0 Å². The summed E-state index contributed by atoms with van der Waals surface area (Å²) in [5.74, 6) is 0. The van der Waals surface area contributed by atoms with Gasteiger partial charge in [-0.25, -0.2) is 0 Å². The van der Waals surface area contributed by atoms with Gasteiger partial charge in [-0.05, 0) is 57.6 Å². The van der Waals surface area contributed by atoms with E-state index in [1.54, 1.807) is 0 Å². The molecule has 2 unspecified atom stereocenters. The van der Waals surface area contributed by atoms with Gasteiger partial charge in [0.05, 0.1) is 12.2 Å². The van der Waals surface area contributed by atoms with E-state index in [2.05, 4.69) is 98.8 Å². The van der Waals surface area contributed by atoms with E-state index >= 15 is 0 Å². The Bertz CT molecular complexity index is 965. The van der Waals surface area contributed by atoms with Gasteiger partial charge in [-0.2, -0.15) is 0 Å². The molecule has 0 aliphatic carbocycles. The van der Waals surface area contributed by atoms with Gasteiger partial charge in [-0.1, -0.05) is 86.6 Å². The fourth-order valence-corrected chi connectivity index (χ4v) is 3.84. The molecule has 2 atom stereocenters. The highest BCUT2D eigenvalue weighted by molar-refractivity contribution is 5.83. The zero-order valence-electron chi connectivity index (χ0n) is 16.1. The molecule has 4 aromatic rings. The second kappa shape index (κ2) is 7.94. The summed E-state index contributed by atoms with van der Waals surface area (Å²) in [6, 6.07) is 30.4. The minimum absolute atomic E-state index is 0.103. The van der Waals surface area contributed by atoms with Crippen LogP contribution in [0.1, 0.15) is 50.0 Å². The average molecular weight is 354 g/mol. The molecule has 0 heterocycles. The van der Waals surface area contributed by atoms with E-state index in [0.717, 1.165) is 12.8 Å². The molecule has 0 saturated carbocycles. The highest BCUT2D eigenvalue weighted by atomic mass is 16.5. The molecule has 0 bridgehead atoms. The molecule has 0 radical (unpaired) electrons. The van der Waals surface area contributed by atoms with Crippen molar-refractivity contribution in [3.8, 4) is 0 Å². The average Bonchev–Trinajstić information content (AvgIpc) is 2.74. The third kappa shape index (κ3) is 3.74. The Labute approximate surface area is 161 Å². The van der Waals surface area contributed by atoms with Crippen molar-refractivity contribution in [1.29, 1.82) is 0 Å². The second-order valence-corrected chi connectivity index (χ2v) is 7.14. The Hall–Kier alpha value is -2.64. The predicted molar refractivity (Wildman–Crippen MR) is 115 cm³/mol. The number of rotatable bonds is 6. The van der Waals surface area contributed by atoms with Crippen molar-refractivity contribution in [1.82, 2.24) is 0 Å². The van der Waals surface area contributed by atoms with Crippen LogP contribution in [0, 0.1) is 0 Å². The lowest BCUT2D eigenvalue weighted by Gasteiger charge is -2.25. The zero-order valence-corrected chi connectivity index (χ0v) is 16.1. The maximum atomic E-state index is 6.62. The smallest absolute Gasteiger partial charge is 0.0830 e. The highest BCUT2D eigenvalue weighted by Crippen LogP contribution is 2.33. The second-order valence-electron chi connectivity index (χ2n) is 7.14. The first-order valence-electron chi connectivity index (χ1n) is 9.91. The molecular formula is C26H26O. The van der Waals surface area contributed by atoms with Crippen molar-refractivity contribution in [3.05, 3.63) is 96.1 Å². The van der Waals surface area contributed by atoms with Crippen LogP contribution in [0.15, 0.2) is 84.9 Å². The van der Waals surface area contributed by atoms with Crippen LogP contribution in [-0.4, -0.2) is 0 Å². The van der Waals surface area contributed by atoms with Gasteiger partial charge in [-0.3, -0.25) is 0 Å². The van der Waals surface area contributed by atoms with Crippen LogP contribution in [0.4, 0.5) is 0 Å². The SMILES string of the molecule is CCC(OC(CC)c1ccc2ccccc2c1)c1ccc2ccccc2c1. The molecule has 1 nitrogen and oxygen atoms in total. The fraction of sp³-hybridized carbons (Fsp3) is 0.231. The lowest BCUT2D eigenvalue weighted by Crippen LogP contribution is -2.09. The van der Waals surface area contributed by atoms with Gasteiger partial charge in [0.25, 0.3) is 0 Å². The molecule has 0 spiro atoms. The molecule has 0 saturated heterocycles. The summed E-state index contributed by atoms with van der Waals surface area (Å²) in [7, 11) is 0. The summed E-state index contributed by atoms with van der Waals surface area (Å²) < 4.78 is 6.62. The van der Waals surface area contributed by atoms with Crippen LogP contribution in [0.3, 0.4) is 0 Å². The summed E-state index contributed by atoms with van der Waals surface area (Å²) in [6.07, 6.45) is 2.13. The van der Waals surface area contributed by atoms with E-state index in [0.29, 0.717) is 0 Å². The van der Waals surface area contributed by atoms with Gasteiger partial charge >= 0.3 is 0 Å². The van der Waals surface area contributed by atoms with Crippen molar-refractivity contribution in [3.63, 3.8) is 0 Å². The third-order valence-corrected chi connectivity index (χ3v) is 5.36. The van der Waals surface area contributed by atoms with E-state index in [1.165, 1.54) is 32.7 Å². The number of fused-ring (bicyclic) bond motifs is 2. The third-order valence-electron chi connectivity index (χ3n) is 5.36. The predicted octanol–water partition coefficient (Wildman–Crippen LogP) is 7.61. The van der Waals surface area contributed by atoms with Crippen molar-refractivity contribution >= 4 is 21.5 Å². The minimum Gasteiger partial charge on any atom is -0.366 e. The number of benzene rings is 4. The Morgan fingerprint density at radius 1 is 0.556 bits per heavy atom. The normalized spacial score (nSPS) is 13.7. The van der Waals surface area contributed by atoms with Crippen LogP contribution in [0.2, 0.25) is 0 Å². The molecule has 0 fully saturated rings.